The summed E-state index contributed by atoms with van der Waals surface area (Å²) in [6.07, 6.45) is 2.28. The van der Waals surface area contributed by atoms with Gasteiger partial charge in [0.25, 0.3) is 0 Å². The topological polar surface area (TPSA) is 38.5 Å². The zero-order valence-electron chi connectivity index (χ0n) is 10.6. The Balaban J connectivity index is 2.59. The molecule has 90 valence electrons. The summed E-state index contributed by atoms with van der Waals surface area (Å²) in [4.78, 5) is 2.46. The lowest BCUT2D eigenvalue weighted by atomic mass is 9.84. The van der Waals surface area contributed by atoms with Gasteiger partial charge in [0.15, 0.2) is 0 Å². The van der Waals surface area contributed by atoms with Crippen LogP contribution >= 0.6 is 0 Å². The van der Waals surface area contributed by atoms with Crippen LogP contribution in [0.25, 0.3) is 0 Å². The second-order valence-corrected chi connectivity index (χ2v) is 5.63. The Bertz CT molecular complexity index is 183. The largest absolute Gasteiger partial charge is 0.381 e. The van der Waals surface area contributed by atoms with Crippen LogP contribution < -0.4 is 5.73 Å². The standard InChI is InChI=1S/C12H26N2O/c1-12(2,3)11(9-13)14(4)10-5-7-15-8-6-10/h10-11H,5-9,13H2,1-4H3. The predicted octanol–water partition coefficient (Wildman–Crippen LogP) is 1.47. The van der Waals surface area contributed by atoms with Gasteiger partial charge in [0, 0.05) is 31.8 Å². The van der Waals surface area contributed by atoms with Gasteiger partial charge in [-0.05, 0) is 25.3 Å². The third-order valence-corrected chi connectivity index (χ3v) is 3.48. The van der Waals surface area contributed by atoms with E-state index in [1.54, 1.807) is 0 Å². The van der Waals surface area contributed by atoms with Gasteiger partial charge in [0.2, 0.25) is 0 Å². The summed E-state index contributed by atoms with van der Waals surface area (Å²) < 4.78 is 5.39. The van der Waals surface area contributed by atoms with Gasteiger partial charge in [-0.25, -0.2) is 0 Å². The molecule has 2 N–H and O–H groups in total. The molecule has 1 fully saturated rings. The number of ether oxygens (including phenoxy) is 1. The van der Waals surface area contributed by atoms with Crippen LogP contribution in [0, 0.1) is 5.41 Å². The maximum atomic E-state index is 5.89. The predicted molar refractivity (Wildman–Crippen MR) is 63.9 cm³/mol. The Morgan fingerprint density at radius 3 is 2.27 bits per heavy atom. The highest BCUT2D eigenvalue weighted by Crippen LogP contribution is 2.26. The van der Waals surface area contributed by atoms with Gasteiger partial charge < -0.3 is 10.5 Å². The minimum absolute atomic E-state index is 0.252. The molecular weight excluding hydrogens is 188 g/mol. The number of nitrogens with two attached hydrogens (primary N) is 1. The second kappa shape index (κ2) is 5.28. The average molecular weight is 214 g/mol. The van der Waals surface area contributed by atoms with E-state index in [0.29, 0.717) is 12.1 Å². The van der Waals surface area contributed by atoms with E-state index in [1.807, 2.05) is 0 Å². The molecule has 0 aromatic rings. The van der Waals surface area contributed by atoms with E-state index in [0.717, 1.165) is 32.6 Å². The summed E-state index contributed by atoms with van der Waals surface area (Å²) in [5, 5.41) is 0. The third-order valence-electron chi connectivity index (χ3n) is 3.48. The quantitative estimate of drug-likeness (QED) is 0.773. The molecule has 1 saturated heterocycles. The summed E-state index contributed by atoms with van der Waals surface area (Å²) in [7, 11) is 2.21. The van der Waals surface area contributed by atoms with Crippen LogP contribution in [0.2, 0.25) is 0 Å². The smallest absolute Gasteiger partial charge is 0.0480 e. The van der Waals surface area contributed by atoms with Gasteiger partial charge in [-0.1, -0.05) is 20.8 Å². The van der Waals surface area contributed by atoms with E-state index in [2.05, 4.69) is 32.7 Å². The van der Waals surface area contributed by atoms with Crippen LogP contribution in [0.5, 0.6) is 0 Å². The normalized spacial score (nSPS) is 22.0. The van der Waals surface area contributed by atoms with Crippen molar-refractivity contribution in [3.63, 3.8) is 0 Å². The van der Waals surface area contributed by atoms with Gasteiger partial charge in [-0.15, -0.1) is 0 Å². The zero-order valence-corrected chi connectivity index (χ0v) is 10.6. The summed E-state index contributed by atoms with van der Waals surface area (Å²) in [6.45, 7) is 9.32. The fourth-order valence-corrected chi connectivity index (χ4v) is 2.48. The molecule has 0 aromatic carbocycles. The Labute approximate surface area is 94.0 Å². The molecular formula is C12H26N2O. The van der Waals surface area contributed by atoms with Crippen LogP contribution in [0.3, 0.4) is 0 Å². The lowest BCUT2D eigenvalue weighted by molar-refractivity contribution is 0.00812. The molecule has 0 bridgehead atoms. The van der Waals surface area contributed by atoms with Crippen LogP contribution in [-0.2, 0) is 4.74 Å². The molecule has 0 aliphatic carbocycles. The van der Waals surface area contributed by atoms with E-state index in [9.17, 15) is 0 Å². The maximum Gasteiger partial charge on any atom is 0.0480 e. The highest BCUT2D eigenvalue weighted by molar-refractivity contribution is 4.86. The average Bonchev–Trinajstić information content (AvgIpc) is 2.18. The number of hydrogen-bond donors (Lipinski definition) is 1. The Morgan fingerprint density at radius 2 is 1.87 bits per heavy atom. The molecule has 3 nitrogen and oxygen atoms in total. The Morgan fingerprint density at radius 1 is 1.33 bits per heavy atom. The fraction of sp³-hybridized carbons (Fsp3) is 1.00. The van der Waals surface area contributed by atoms with Gasteiger partial charge >= 0.3 is 0 Å². The van der Waals surface area contributed by atoms with Crippen molar-refractivity contribution in [1.29, 1.82) is 0 Å². The van der Waals surface area contributed by atoms with Crippen molar-refractivity contribution in [1.82, 2.24) is 4.90 Å². The minimum Gasteiger partial charge on any atom is -0.381 e. The van der Waals surface area contributed by atoms with E-state index in [4.69, 9.17) is 10.5 Å². The highest BCUT2D eigenvalue weighted by atomic mass is 16.5. The molecule has 0 spiro atoms. The molecule has 1 rings (SSSR count). The number of hydrogen-bond acceptors (Lipinski definition) is 3. The Hall–Kier alpha value is -0.120. The fourth-order valence-electron chi connectivity index (χ4n) is 2.48. The third kappa shape index (κ3) is 3.44. The molecule has 1 aliphatic heterocycles. The first kappa shape index (κ1) is 12.9. The van der Waals surface area contributed by atoms with Crippen molar-refractivity contribution >= 4 is 0 Å². The molecule has 1 aliphatic rings. The van der Waals surface area contributed by atoms with Gasteiger partial charge in [-0.3, -0.25) is 4.90 Å². The number of likely N-dealkylation sites (N-methyl/N-ethyl adjacent to an activating group) is 1. The van der Waals surface area contributed by atoms with Crippen molar-refractivity contribution in [3.05, 3.63) is 0 Å². The first-order chi connectivity index (χ1) is 6.96. The van der Waals surface area contributed by atoms with E-state index in [1.165, 1.54) is 0 Å². The maximum absolute atomic E-state index is 5.89. The van der Waals surface area contributed by atoms with Crippen LogP contribution in [0.4, 0.5) is 0 Å². The van der Waals surface area contributed by atoms with Gasteiger partial charge in [-0.2, -0.15) is 0 Å². The van der Waals surface area contributed by atoms with Crippen molar-refractivity contribution in [2.24, 2.45) is 11.1 Å². The minimum atomic E-state index is 0.252. The molecule has 3 heteroatoms. The molecule has 0 aromatic heterocycles. The van der Waals surface area contributed by atoms with Crippen molar-refractivity contribution in [2.45, 2.75) is 45.7 Å². The lowest BCUT2D eigenvalue weighted by Gasteiger charge is -2.42. The SMILES string of the molecule is CN(C1CCOCC1)C(CN)C(C)(C)C. The summed E-state index contributed by atoms with van der Waals surface area (Å²) in [5.41, 5.74) is 6.15. The molecule has 1 heterocycles. The zero-order chi connectivity index (χ0) is 11.5. The van der Waals surface area contributed by atoms with Crippen LogP contribution in [0.15, 0.2) is 0 Å². The summed E-state index contributed by atoms with van der Waals surface area (Å²) in [5.74, 6) is 0. The first-order valence-electron chi connectivity index (χ1n) is 5.96. The van der Waals surface area contributed by atoms with Gasteiger partial charge in [0.05, 0.1) is 0 Å². The summed E-state index contributed by atoms with van der Waals surface area (Å²) >= 11 is 0. The number of nitrogens with zero attached hydrogens (tertiary/aromatic N) is 1. The van der Waals surface area contributed by atoms with E-state index < -0.39 is 0 Å². The highest BCUT2D eigenvalue weighted by Gasteiger charge is 2.31. The van der Waals surface area contributed by atoms with E-state index in [-0.39, 0.29) is 5.41 Å². The summed E-state index contributed by atoms with van der Waals surface area (Å²) in [6, 6.07) is 1.10. The van der Waals surface area contributed by atoms with Crippen LogP contribution in [-0.4, -0.2) is 43.8 Å². The van der Waals surface area contributed by atoms with Crippen molar-refractivity contribution in [3.8, 4) is 0 Å². The monoisotopic (exact) mass is 214 g/mol. The second-order valence-electron chi connectivity index (χ2n) is 5.63. The Kier molecular flexibility index (Phi) is 4.56. The molecule has 0 radical (unpaired) electrons. The molecule has 15 heavy (non-hydrogen) atoms. The van der Waals surface area contributed by atoms with Crippen molar-refractivity contribution < 1.29 is 4.74 Å². The van der Waals surface area contributed by atoms with Crippen molar-refractivity contribution in [2.75, 3.05) is 26.8 Å². The van der Waals surface area contributed by atoms with Gasteiger partial charge in [0.1, 0.15) is 0 Å². The van der Waals surface area contributed by atoms with E-state index >= 15 is 0 Å². The lowest BCUT2D eigenvalue weighted by Crippen LogP contribution is -2.52. The molecule has 0 amide bonds. The molecule has 1 unspecified atom stereocenters. The first-order valence-corrected chi connectivity index (χ1v) is 5.96. The molecule has 0 saturated carbocycles. The van der Waals surface area contributed by atoms with Crippen LogP contribution in [0.1, 0.15) is 33.6 Å². The number of rotatable bonds is 3. The molecule has 1 atom stereocenters.